The first-order valence-electron chi connectivity index (χ1n) is 6.02. The molecule has 0 saturated carbocycles. The van der Waals surface area contributed by atoms with Crippen molar-refractivity contribution in [1.82, 2.24) is 9.78 Å². The molecule has 1 aromatic heterocycles. The Balaban J connectivity index is 2.01. The zero-order chi connectivity index (χ0) is 13.9. The molecule has 1 N–H and O–H groups in total. The van der Waals surface area contributed by atoms with Crippen LogP contribution in [0.4, 0.5) is 5.69 Å². The summed E-state index contributed by atoms with van der Waals surface area (Å²) in [6.45, 7) is 4.36. The number of halogens is 1. The summed E-state index contributed by atoms with van der Waals surface area (Å²) in [5.74, 6) is -0.0627. The Hall–Kier alpha value is -1.62. The maximum atomic E-state index is 11.8. The quantitative estimate of drug-likeness (QED) is 0.880. The number of benzene rings is 1. The van der Waals surface area contributed by atoms with E-state index in [2.05, 4.69) is 26.3 Å². The van der Waals surface area contributed by atoms with E-state index in [9.17, 15) is 4.79 Å². The Morgan fingerprint density at radius 3 is 2.58 bits per heavy atom. The molecule has 0 aliphatic carbocycles. The van der Waals surface area contributed by atoms with Gasteiger partial charge in [0.15, 0.2) is 0 Å². The van der Waals surface area contributed by atoms with Crippen molar-refractivity contribution in [2.24, 2.45) is 0 Å². The number of anilines is 1. The van der Waals surface area contributed by atoms with Crippen LogP contribution in [0.15, 0.2) is 42.7 Å². The normalized spacial score (nSPS) is 11.3. The number of nitrogens with one attached hydrogen (secondary N) is 1. The molecular formula is C14H16BrN3O. The fourth-order valence-corrected chi connectivity index (χ4v) is 1.65. The largest absolute Gasteiger partial charge is 0.325 e. The highest BCUT2D eigenvalue weighted by Gasteiger charge is 2.23. The van der Waals surface area contributed by atoms with Crippen LogP contribution >= 0.6 is 15.9 Å². The molecule has 1 heterocycles. The van der Waals surface area contributed by atoms with Gasteiger partial charge in [-0.05, 0) is 37.6 Å². The Morgan fingerprint density at radius 2 is 2.05 bits per heavy atom. The van der Waals surface area contributed by atoms with Crippen molar-refractivity contribution in [3.05, 3.63) is 48.3 Å². The van der Waals surface area contributed by atoms with E-state index >= 15 is 0 Å². The molecule has 0 fully saturated rings. The molecule has 100 valence electrons. The van der Waals surface area contributed by atoms with Gasteiger partial charge < -0.3 is 5.32 Å². The van der Waals surface area contributed by atoms with E-state index in [-0.39, 0.29) is 5.91 Å². The van der Waals surface area contributed by atoms with Gasteiger partial charge in [0, 0.05) is 18.1 Å². The zero-order valence-electron chi connectivity index (χ0n) is 10.9. The molecular weight excluding hydrogens is 306 g/mol. The monoisotopic (exact) mass is 321 g/mol. The van der Waals surface area contributed by atoms with Gasteiger partial charge in [-0.3, -0.25) is 9.48 Å². The van der Waals surface area contributed by atoms with Gasteiger partial charge in [0.1, 0.15) is 0 Å². The smallest absolute Gasteiger partial charge is 0.240 e. The van der Waals surface area contributed by atoms with E-state index in [0.29, 0.717) is 0 Å². The van der Waals surface area contributed by atoms with E-state index < -0.39 is 4.32 Å². The lowest BCUT2D eigenvalue weighted by Crippen LogP contribution is -2.30. The number of hydrogen-bond donors (Lipinski definition) is 1. The molecule has 0 aliphatic heterocycles. The molecule has 2 rings (SSSR count). The van der Waals surface area contributed by atoms with E-state index in [1.54, 1.807) is 6.20 Å². The van der Waals surface area contributed by atoms with Crippen LogP contribution in [0.25, 0.3) is 0 Å². The summed E-state index contributed by atoms with van der Waals surface area (Å²) in [6, 6.07) is 9.66. The van der Waals surface area contributed by atoms with Crippen LogP contribution in [-0.2, 0) is 11.3 Å². The van der Waals surface area contributed by atoms with E-state index in [0.717, 1.165) is 17.8 Å². The molecule has 4 nitrogen and oxygen atoms in total. The standard InChI is InChI=1S/C14H16BrN3O/c1-14(2,15)13(19)17-12-6-4-11(5-7-12)10-18-9-3-8-16-18/h3-9H,10H2,1-2H3,(H,17,19). The third kappa shape index (κ3) is 3.92. The van der Waals surface area contributed by atoms with Gasteiger partial charge >= 0.3 is 0 Å². The first-order valence-corrected chi connectivity index (χ1v) is 6.81. The first-order chi connectivity index (χ1) is 8.95. The lowest BCUT2D eigenvalue weighted by atomic mass is 10.1. The summed E-state index contributed by atoms with van der Waals surface area (Å²) >= 11 is 3.33. The summed E-state index contributed by atoms with van der Waals surface area (Å²) in [5, 5.41) is 7.02. The topological polar surface area (TPSA) is 46.9 Å². The number of nitrogens with zero attached hydrogens (tertiary/aromatic N) is 2. The molecule has 0 bridgehead atoms. The van der Waals surface area contributed by atoms with Crippen LogP contribution in [0.3, 0.4) is 0 Å². The number of hydrogen-bond acceptors (Lipinski definition) is 2. The van der Waals surface area contributed by atoms with Crippen molar-refractivity contribution in [2.45, 2.75) is 24.7 Å². The van der Waals surface area contributed by atoms with Crippen molar-refractivity contribution in [2.75, 3.05) is 5.32 Å². The van der Waals surface area contributed by atoms with Crippen molar-refractivity contribution in [3.63, 3.8) is 0 Å². The van der Waals surface area contributed by atoms with Gasteiger partial charge in [-0.2, -0.15) is 5.10 Å². The lowest BCUT2D eigenvalue weighted by Gasteiger charge is -2.16. The Bertz CT molecular complexity index is 541. The number of carbonyl (C=O) groups is 1. The van der Waals surface area contributed by atoms with Gasteiger partial charge in [0.2, 0.25) is 5.91 Å². The molecule has 1 amide bonds. The molecule has 5 heteroatoms. The number of carbonyl (C=O) groups excluding carboxylic acids is 1. The molecule has 0 unspecified atom stereocenters. The first kappa shape index (κ1) is 13.8. The highest BCUT2D eigenvalue weighted by Crippen LogP contribution is 2.19. The average molecular weight is 322 g/mol. The fraction of sp³-hybridized carbons (Fsp3) is 0.286. The second-order valence-electron chi connectivity index (χ2n) is 4.83. The van der Waals surface area contributed by atoms with Crippen molar-refractivity contribution < 1.29 is 4.79 Å². The fourth-order valence-electron chi connectivity index (χ4n) is 1.55. The zero-order valence-corrected chi connectivity index (χ0v) is 12.5. The van der Waals surface area contributed by atoms with E-state index in [4.69, 9.17) is 0 Å². The van der Waals surface area contributed by atoms with Crippen molar-refractivity contribution >= 4 is 27.5 Å². The highest BCUT2D eigenvalue weighted by molar-refractivity contribution is 9.10. The van der Waals surface area contributed by atoms with Crippen LogP contribution in [0, 0.1) is 0 Å². The minimum Gasteiger partial charge on any atom is -0.325 e. The number of aromatic nitrogens is 2. The molecule has 2 aromatic rings. The SMILES string of the molecule is CC(C)(Br)C(=O)Nc1ccc(Cn2cccn2)cc1. The minimum atomic E-state index is -0.569. The Morgan fingerprint density at radius 1 is 1.37 bits per heavy atom. The van der Waals surface area contributed by atoms with Gasteiger partial charge in [-0.25, -0.2) is 0 Å². The van der Waals surface area contributed by atoms with Crippen molar-refractivity contribution in [1.29, 1.82) is 0 Å². The van der Waals surface area contributed by atoms with Crippen LogP contribution in [0.5, 0.6) is 0 Å². The van der Waals surface area contributed by atoms with Gasteiger partial charge in [0.05, 0.1) is 10.9 Å². The molecule has 0 saturated heterocycles. The number of alkyl halides is 1. The van der Waals surface area contributed by atoms with Gasteiger partial charge in [-0.15, -0.1) is 0 Å². The molecule has 0 aliphatic rings. The maximum absolute atomic E-state index is 11.8. The summed E-state index contributed by atoms with van der Waals surface area (Å²) in [5.41, 5.74) is 1.93. The number of rotatable bonds is 4. The number of amides is 1. The summed E-state index contributed by atoms with van der Waals surface area (Å²) < 4.78 is 1.29. The van der Waals surface area contributed by atoms with Crippen molar-refractivity contribution in [3.8, 4) is 0 Å². The Labute approximate surface area is 120 Å². The van der Waals surface area contributed by atoms with E-state index in [1.807, 2.05) is 55.1 Å². The molecule has 0 atom stereocenters. The third-order valence-corrected chi connectivity index (χ3v) is 3.02. The molecule has 0 spiro atoms. The van der Waals surface area contributed by atoms with Gasteiger partial charge in [-0.1, -0.05) is 28.1 Å². The molecule has 0 radical (unpaired) electrons. The predicted octanol–water partition coefficient (Wildman–Crippen LogP) is 3.04. The lowest BCUT2D eigenvalue weighted by molar-refractivity contribution is -0.117. The van der Waals surface area contributed by atoms with Crippen LogP contribution in [0.2, 0.25) is 0 Å². The second kappa shape index (κ2) is 5.57. The summed E-state index contributed by atoms with van der Waals surface area (Å²) in [6.07, 6.45) is 3.68. The van der Waals surface area contributed by atoms with Crippen LogP contribution in [0.1, 0.15) is 19.4 Å². The molecule has 19 heavy (non-hydrogen) atoms. The predicted molar refractivity (Wildman–Crippen MR) is 79.4 cm³/mol. The van der Waals surface area contributed by atoms with Crippen LogP contribution in [-0.4, -0.2) is 20.0 Å². The second-order valence-corrected chi connectivity index (χ2v) is 6.81. The minimum absolute atomic E-state index is 0.0627. The maximum Gasteiger partial charge on any atom is 0.240 e. The molecule has 1 aromatic carbocycles. The van der Waals surface area contributed by atoms with E-state index in [1.165, 1.54) is 0 Å². The van der Waals surface area contributed by atoms with Crippen LogP contribution < -0.4 is 5.32 Å². The average Bonchev–Trinajstić information content (AvgIpc) is 2.83. The third-order valence-electron chi connectivity index (χ3n) is 2.66. The summed E-state index contributed by atoms with van der Waals surface area (Å²) in [7, 11) is 0. The highest BCUT2D eigenvalue weighted by atomic mass is 79.9. The summed E-state index contributed by atoms with van der Waals surface area (Å²) in [4.78, 5) is 11.8. The van der Waals surface area contributed by atoms with Gasteiger partial charge in [0.25, 0.3) is 0 Å². The Kier molecular flexibility index (Phi) is 4.04.